The molecule has 0 aromatic heterocycles. The largest absolute Gasteiger partial charge is 0.472 e. The van der Waals surface area contributed by atoms with Crippen LogP contribution < -0.4 is 0 Å². The maximum absolute atomic E-state index is 13.1. The number of phosphoric ester groups is 2. The van der Waals surface area contributed by atoms with Crippen molar-refractivity contribution >= 4 is 39.5 Å². The summed E-state index contributed by atoms with van der Waals surface area (Å²) in [6.07, 6.45) is 50.3. The monoisotopic (exact) mass is 1400 g/mol. The van der Waals surface area contributed by atoms with E-state index in [0.29, 0.717) is 31.6 Å². The average molecular weight is 1400 g/mol. The zero-order chi connectivity index (χ0) is 70.3. The quantitative estimate of drug-likeness (QED) is 0.0222. The van der Waals surface area contributed by atoms with Crippen molar-refractivity contribution in [1.82, 2.24) is 0 Å². The number of aliphatic hydroxyl groups excluding tert-OH is 1. The molecule has 4 unspecified atom stereocenters. The van der Waals surface area contributed by atoms with Gasteiger partial charge >= 0.3 is 39.5 Å². The van der Waals surface area contributed by atoms with Crippen molar-refractivity contribution in [3.8, 4) is 0 Å². The van der Waals surface area contributed by atoms with Gasteiger partial charge in [0.25, 0.3) is 0 Å². The molecule has 0 saturated carbocycles. The van der Waals surface area contributed by atoms with Crippen molar-refractivity contribution in [2.45, 2.75) is 401 Å². The lowest BCUT2D eigenvalue weighted by atomic mass is 9.99. The van der Waals surface area contributed by atoms with Crippen LogP contribution in [0.1, 0.15) is 383 Å². The Labute approximate surface area is 581 Å². The highest BCUT2D eigenvalue weighted by Gasteiger charge is 2.30. The lowest BCUT2D eigenvalue weighted by molar-refractivity contribution is -0.161. The third kappa shape index (κ3) is 67.6. The van der Waals surface area contributed by atoms with E-state index in [4.69, 9.17) is 37.0 Å². The molecule has 0 radical (unpaired) electrons. The summed E-state index contributed by atoms with van der Waals surface area (Å²) < 4.78 is 68.4. The third-order valence-electron chi connectivity index (χ3n) is 18.3. The van der Waals surface area contributed by atoms with Gasteiger partial charge in [0, 0.05) is 25.7 Å². The van der Waals surface area contributed by atoms with E-state index in [1.165, 1.54) is 180 Å². The molecule has 0 rings (SSSR count). The van der Waals surface area contributed by atoms with Gasteiger partial charge in [0.05, 0.1) is 26.4 Å². The Morgan fingerprint density at radius 2 is 0.505 bits per heavy atom. The Kier molecular flexibility index (Phi) is 64.0. The van der Waals surface area contributed by atoms with Crippen molar-refractivity contribution in [2.75, 3.05) is 39.6 Å². The molecule has 0 aliphatic heterocycles. The van der Waals surface area contributed by atoms with Crippen LogP contribution in [0.25, 0.3) is 0 Å². The average Bonchev–Trinajstić information content (AvgIpc) is 1.35. The van der Waals surface area contributed by atoms with Crippen molar-refractivity contribution in [2.24, 2.45) is 23.7 Å². The van der Waals surface area contributed by atoms with Crippen LogP contribution in [0.2, 0.25) is 0 Å². The van der Waals surface area contributed by atoms with E-state index < -0.39 is 97.5 Å². The summed E-state index contributed by atoms with van der Waals surface area (Å²) in [4.78, 5) is 72.7. The fourth-order valence-electron chi connectivity index (χ4n) is 11.5. The van der Waals surface area contributed by atoms with Crippen LogP contribution in [-0.2, 0) is 65.4 Å². The number of hydrogen-bond acceptors (Lipinski definition) is 15. The Balaban J connectivity index is 5.16. The standard InChI is InChI=1S/C76H148O17P2/c1-9-68(7)54-46-38-29-25-21-17-15-13-11-12-14-16-18-22-26-30-40-48-56-73(78)86-62-71(92-75(80)58-50-42-31-27-23-19-20-24-28-36-44-52-66(3)4)64-90-94(82,83)88-60-70(77)61-89-95(84,85)91-65-72(63-87-74(79)57-49-41-34-32-37-45-53-67(5)6)93-76(81)59-51-43-35-33-39-47-55-69(8)10-2/h66-72,77H,9-65H2,1-8H3,(H,82,83)(H,84,85)/t68?,69?,70-,71-,72-/m1/s1. The van der Waals surface area contributed by atoms with E-state index >= 15 is 0 Å². The van der Waals surface area contributed by atoms with Crippen molar-refractivity contribution in [3.63, 3.8) is 0 Å². The number of unbranched alkanes of at least 4 members (excludes halogenated alkanes) is 37. The zero-order valence-corrected chi connectivity index (χ0v) is 64.1. The topological polar surface area (TPSA) is 237 Å². The number of hydrogen-bond donors (Lipinski definition) is 3. The smallest absolute Gasteiger partial charge is 0.462 e. The Morgan fingerprint density at radius 3 is 0.747 bits per heavy atom. The van der Waals surface area contributed by atoms with Crippen LogP contribution in [0.5, 0.6) is 0 Å². The van der Waals surface area contributed by atoms with Crippen molar-refractivity contribution < 1.29 is 80.2 Å². The van der Waals surface area contributed by atoms with E-state index in [0.717, 1.165) is 114 Å². The Bertz CT molecular complexity index is 1870. The number of carbonyl (C=O) groups excluding carboxylic acids is 4. The van der Waals surface area contributed by atoms with Crippen LogP contribution >= 0.6 is 15.6 Å². The molecule has 564 valence electrons. The lowest BCUT2D eigenvalue weighted by Crippen LogP contribution is -2.30. The molecule has 0 heterocycles. The minimum atomic E-state index is -4.96. The van der Waals surface area contributed by atoms with Gasteiger partial charge in [-0.05, 0) is 49.4 Å². The molecule has 95 heavy (non-hydrogen) atoms. The van der Waals surface area contributed by atoms with Gasteiger partial charge in [-0.2, -0.15) is 0 Å². The minimum Gasteiger partial charge on any atom is -0.462 e. The van der Waals surface area contributed by atoms with E-state index in [2.05, 4.69) is 55.4 Å². The number of carbonyl (C=O) groups is 4. The van der Waals surface area contributed by atoms with Gasteiger partial charge in [-0.25, -0.2) is 9.13 Å². The molecule has 0 saturated heterocycles. The summed E-state index contributed by atoms with van der Waals surface area (Å²) in [7, 11) is -9.91. The first-order valence-electron chi connectivity index (χ1n) is 39.3. The van der Waals surface area contributed by atoms with Gasteiger partial charge in [-0.1, -0.05) is 331 Å². The minimum absolute atomic E-state index is 0.102. The Morgan fingerprint density at radius 1 is 0.295 bits per heavy atom. The lowest BCUT2D eigenvalue weighted by Gasteiger charge is -2.21. The highest BCUT2D eigenvalue weighted by Crippen LogP contribution is 2.45. The second-order valence-corrected chi connectivity index (χ2v) is 31.7. The fraction of sp³-hybridized carbons (Fsp3) is 0.947. The van der Waals surface area contributed by atoms with Crippen LogP contribution in [0.3, 0.4) is 0 Å². The predicted molar refractivity (Wildman–Crippen MR) is 386 cm³/mol. The van der Waals surface area contributed by atoms with Gasteiger partial charge in [-0.3, -0.25) is 37.3 Å². The first-order chi connectivity index (χ1) is 45.7. The van der Waals surface area contributed by atoms with Gasteiger partial charge in [0.2, 0.25) is 0 Å². The number of ether oxygens (including phenoxy) is 4. The number of aliphatic hydroxyl groups is 1. The first-order valence-corrected chi connectivity index (χ1v) is 42.3. The molecule has 17 nitrogen and oxygen atoms in total. The predicted octanol–water partition coefficient (Wildman–Crippen LogP) is 22.0. The molecule has 0 aromatic rings. The summed E-state index contributed by atoms with van der Waals surface area (Å²) >= 11 is 0. The second kappa shape index (κ2) is 65.4. The van der Waals surface area contributed by atoms with Crippen molar-refractivity contribution in [3.05, 3.63) is 0 Å². The van der Waals surface area contributed by atoms with Crippen LogP contribution in [0.4, 0.5) is 0 Å². The zero-order valence-electron chi connectivity index (χ0n) is 62.3. The van der Waals surface area contributed by atoms with Gasteiger partial charge in [0.15, 0.2) is 12.2 Å². The molecule has 0 spiro atoms. The Hall–Kier alpha value is -1.94. The SMILES string of the molecule is CCC(C)CCCCCCCCCCCCCCCCCCCCC(=O)OC[C@H](COP(=O)(O)OC[C@@H](O)COP(=O)(O)OC[C@@H](COC(=O)CCCCCCCCC(C)C)OC(=O)CCCCCCCCC(C)CC)OC(=O)CCCCCCCCCCCCCC(C)C. The van der Waals surface area contributed by atoms with Gasteiger partial charge in [0.1, 0.15) is 19.3 Å². The van der Waals surface area contributed by atoms with E-state index in [-0.39, 0.29) is 25.7 Å². The number of esters is 4. The third-order valence-corrected chi connectivity index (χ3v) is 20.2. The second-order valence-electron chi connectivity index (χ2n) is 28.8. The fourth-order valence-corrected chi connectivity index (χ4v) is 13.1. The molecule has 0 bridgehead atoms. The molecule has 0 amide bonds. The van der Waals surface area contributed by atoms with Crippen LogP contribution in [0, 0.1) is 23.7 Å². The summed E-state index contributed by atoms with van der Waals surface area (Å²) in [6, 6.07) is 0. The van der Waals surface area contributed by atoms with Crippen molar-refractivity contribution in [1.29, 1.82) is 0 Å². The van der Waals surface area contributed by atoms with Crippen LogP contribution in [0.15, 0.2) is 0 Å². The molecule has 3 N–H and O–H groups in total. The van der Waals surface area contributed by atoms with E-state index in [1.807, 2.05) is 0 Å². The molecule has 0 aliphatic carbocycles. The summed E-state index contributed by atoms with van der Waals surface area (Å²) in [5, 5.41) is 10.6. The van der Waals surface area contributed by atoms with Crippen LogP contribution in [-0.4, -0.2) is 96.7 Å². The normalized spacial score (nSPS) is 14.7. The molecular weight excluding hydrogens is 1250 g/mol. The first kappa shape index (κ1) is 93.1. The maximum atomic E-state index is 13.1. The maximum Gasteiger partial charge on any atom is 0.472 e. The highest BCUT2D eigenvalue weighted by molar-refractivity contribution is 7.47. The summed E-state index contributed by atoms with van der Waals surface area (Å²) in [5.41, 5.74) is 0. The molecule has 0 fully saturated rings. The number of rotatable bonds is 73. The molecule has 7 atom stereocenters. The molecule has 0 aromatic carbocycles. The highest BCUT2D eigenvalue weighted by atomic mass is 31.2. The van der Waals surface area contributed by atoms with E-state index in [1.54, 1.807) is 0 Å². The van der Waals surface area contributed by atoms with E-state index in [9.17, 15) is 43.2 Å². The molecular formula is C76H148O17P2. The molecule has 0 aliphatic rings. The van der Waals surface area contributed by atoms with Gasteiger partial charge in [-0.15, -0.1) is 0 Å². The summed E-state index contributed by atoms with van der Waals surface area (Å²) in [5.74, 6) is 0.911. The number of phosphoric acid groups is 2. The van der Waals surface area contributed by atoms with Gasteiger partial charge < -0.3 is 33.8 Å². The summed E-state index contributed by atoms with van der Waals surface area (Å²) in [6.45, 7) is 14.1. The molecule has 19 heteroatoms.